The molecule has 4 N–H and O–H groups in total. The van der Waals surface area contributed by atoms with Gasteiger partial charge < -0.3 is 39.8 Å². The number of amides is 3. The predicted octanol–water partition coefficient (Wildman–Crippen LogP) is 2.47. The zero-order valence-electron chi connectivity index (χ0n) is 27.2. The van der Waals surface area contributed by atoms with Crippen molar-refractivity contribution in [3.8, 4) is 11.5 Å². The molecule has 1 unspecified atom stereocenters. The molecule has 260 valence electrons. The Kier molecular flexibility index (Phi) is 13.8. The first kappa shape index (κ1) is 36.4. The Labute approximate surface area is 280 Å². The van der Waals surface area contributed by atoms with E-state index in [1.165, 1.54) is 0 Å². The number of aliphatic hydroxyl groups is 3. The summed E-state index contributed by atoms with van der Waals surface area (Å²) in [6, 6.07) is 11.2. The number of aryl methyl sites for hydroxylation is 2. The number of hydrogen-bond donors (Lipinski definition) is 4. The van der Waals surface area contributed by atoms with Crippen molar-refractivity contribution in [2.75, 3.05) is 37.9 Å². The molecule has 3 amide bonds. The summed E-state index contributed by atoms with van der Waals surface area (Å²) >= 11 is 0. The highest BCUT2D eigenvalue weighted by molar-refractivity contribution is 5.95. The number of aliphatic hydroxyl groups excluding tert-OH is 3. The average molecular weight is 668 g/mol. The minimum absolute atomic E-state index is 0.0184. The van der Waals surface area contributed by atoms with Crippen LogP contribution in [0.2, 0.25) is 0 Å². The van der Waals surface area contributed by atoms with Crippen LogP contribution in [-0.2, 0) is 43.4 Å². The normalized spacial score (nSPS) is 14.8. The van der Waals surface area contributed by atoms with Gasteiger partial charge in [0.2, 0.25) is 11.8 Å². The van der Waals surface area contributed by atoms with E-state index in [4.69, 9.17) is 19.4 Å². The van der Waals surface area contributed by atoms with Crippen molar-refractivity contribution in [3.05, 3.63) is 65.4 Å². The molecule has 0 saturated carbocycles. The lowest BCUT2D eigenvalue weighted by Gasteiger charge is -2.29. The molecule has 4 rings (SSSR count). The number of carbonyl (C=O) groups excluding carboxylic acids is 4. The van der Waals surface area contributed by atoms with E-state index in [1.807, 2.05) is 24.3 Å². The number of carbonyl (C=O) groups is 4. The number of nitrogens with one attached hydrogen (secondary N) is 1. The van der Waals surface area contributed by atoms with Crippen LogP contribution < -0.4 is 19.7 Å². The summed E-state index contributed by atoms with van der Waals surface area (Å²) in [6.07, 6.45) is 2.44. The molecule has 2 aromatic carbocycles. The number of allylic oxidation sites excluding steroid dienone is 1. The second-order valence-corrected chi connectivity index (χ2v) is 11.8. The van der Waals surface area contributed by atoms with E-state index in [0.717, 1.165) is 28.2 Å². The van der Waals surface area contributed by atoms with Crippen LogP contribution in [0.4, 0.5) is 5.69 Å². The SMILES string of the molecule is C=C1CCC(=O)N1OC(=O)CCCNC(=O)CCCC(=O)N1Cc2cc(OCCCO)ccc2CCc2ccc(OCC(O)CO)cc21. The standard InChI is InChI=1S/C35H45N3O10/c1-24-8-15-34(44)38(24)48-35(45)7-3-16-36-32(42)5-2-6-33(43)37-21-27-19-29(46-18-4-17-39)13-11-25(27)9-10-26-12-14-30(20-31(26)37)47-23-28(41)22-40/h11-14,19-20,28,39-41H,1-10,15-18,21-23H2,(H,36,42). The molecule has 0 aromatic heterocycles. The van der Waals surface area contributed by atoms with Crippen molar-refractivity contribution < 1.29 is 48.8 Å². The Bertz CT molecular complexity index is 1450. The van der Waals surface area contributed by atoms with Gasteiger partial charge in [-0.3, -0.25) is 14.4 Å². The summed E-state index contributed by atoms with van der Waals surface area (Å²) in [5.41, 5.74) is 4.07. The lowest BCUT2D eigenvalue weighted by molar-refractivity contribution is -0.186. The topological polar surface area (TPSA) is 175 Å². The molecule has 2 aliphatic heterocycles. The Morgan fingerprint density at radius 1 is 0.875 bits per heavy atom. The van der Waals surface area contributed by atoms with Gasteiger partial charge in [-0.05, 0) is 67.0 Å². The van der Waals surface area contributed by atoms with Gasteiger partial charge in [0.25, 0.3) is 5.91 Å². The zero-order chi connectivity index (χ0) is 34.5. The first-order valence-corrected chi connectivity index (χ1v) is 16.4. The fourth-order valence-electron chi connectivity index (χ4n) is 5.40. The molecule has 2 heterocycles. The van der Waals surface area contributed by atoms with E-state index >= 15 is 0 Å². The molecule has 2 aliphatic rings. The lowest BCUT2D eigenvalue weighted by atomic mass is 9.94. The highest BCUT2D eigenvalue weighted by Crippen LogP contribution is 2.34. The molecule has 13 heteroatoms. The molecule has 2 aromatic rings. The van der Waals surface area contributed by atoms with Crippen molar-refractivity contribution in [2.45, 2.75) is 76.9 Å². The molecule has 13 nitrogen and oxygen atoms in total. The molecule has 1 saturated heterocycles. The molecule has 0 spiro atoms. The average Bonchev–Trinajstić information content (AvgIpc) is 3.39. The van der Waals surface area contributed by atoms with Crippen LogP contribution in [0.5, 0.6) is 11.5 Å². The third kappa shape index (κ3) is 10.5. The Morgan fingerprint density at radius 3 is 2.35 bits per heavy atom. The maximum atomic E-state index is 13.8. The zero-order valence-corrected chi connectivity index (χ0v) is 27.2. The number of fused-ring (bicyclic) bond motifs is 2. The maximum absolute atomic E-state index is 13.8. The van der Waals surface area contributed by atoms with Gasteiger partial charge in [0.1, 0.15) is 24.2 Å². The highest BCUT2D eigenvalue weighted by atomic mass is 16.7. The molecule has 48 heavy (non-hydrogen) atoms. The van der Waals surface area contributed by atoms with Crippen LogP contribution >= 0.6 is 0 Å². The van der Waals surface area contributed by atoms with E-state index in [1.54, 1.807) is 17.0 Å². The third-order valence-corrected chi connectivity index (χ3v) is 8.05. The fourth-order valence-corrected chi connectivity index (χ4v) is 5.40. The highest BCUT2D eigenvalue weighted by Gasteiger charge is 2.28. The number of rotatable bonds is 17. The van der Waals surface area contributed by atoms with Gasteiger partial charge >= 0.3 is 5.97 Å². The molecule has 1 fully saturated rings. The Hall–Kier alpha value is -4.46. The summed E-state index contributed by atoms with van der Waals surface area (Å²) in [6.45, 7) is 4.05. The smallest absolute Gasteiger partial charge is 0.333 e. The minimum Gasteiger partial charge on any atom is -0.493 e. The number of nitrogens with zero attached hydrogens (tertiary/aromatic N) is 2. The van der Waals surface area contributed by atoms with Crippen LogP contribution in [0.1, 0.15) is 68.1 Å². The summed E-state index contributed by atoms with van der Waals surface area (Å²) in [4.78, 5) is 56.9. The molecule has 0 aliphatic carbocycles. The van der Waals surface area contributed by atoms with Crippen molar-refractivity contribution >= 4 is 29.4 Å². The predicted molar refractivity (Wildman–Crippen MR) is 175 cm³/mol. The van der Waals surface area contributed by atoms with Gasteiger partial charge in [0, 0.05) is 51.3 Å². The number of hydroxylamine groups is 2. The maximum Gasteiger partial charge on any atom is 0.333 e. The van der Waals surface area contributed by atoms with Crippen LogP contribution in [-0.4, -0.2) is 83.1 Å². The summed E-state index contributed by atoms with van der Waals surface area (Å²) in [5.74, 6) is -0.230. The molecular formula is C35H45N3O10. The first-order valence-electron chi connectivity index (χ1n) is 16.4. The Balaban J connectivity index is 1.36. The number of benzene rings is 2. The van der Waals surface area contributed by atoms with Crippen molar-refractivity contribution in [2.24, 2.45) is 0 Å². The second kappa shape index (κ2) is 18.2. The quantitative estimate of drug-likeness (QED) is 0.184. The number of ether oxygens (including phenoxy) is 2. The number of anilines is 1. The van der Waals surface area contributed by atoms with Crippen molar-refractivity contribution in [1.82, 2.24) is 10.4 Å². The molecular weight excluding hydrogens is 622 g/mol. The van der Waals surface area contributed by atoms with Gasteiger partial charge in [-0.25, -0.2) is 4.79 Å². The van der Waals surface area contributed by atoms with E-state index in [-0.39, 0.29) is 69.7 Å². The van der Waals surface area contributed by atoms with Crippen molar-refractivity contribution in [3.63, 3.8) is 0 Å². The molecule has 0 bridgehead atoms. The molecule has 1 atom stereocenters. The van der Waals surface area contributed by atoms with E-state index in [0.29, 0.717) is 61.6 Å². The van der Waals surface area contributed by atoms with Crippen LogP contribution in [0.25, 0.3) is 0 Å². The lowest BCUT2D eigenvalue weighted by Crippen LogP contribution is -2.33. The van der Waals surface area contributed by atoms with Gasteiger partial charge in [-0.2, -0.15) is 0 Å². The molecule has 0 radical (unpaired) electrons. The van der Waals surface area contributed by atoms with Gasteiger partial charge in [-0.15, -0.1) is 5.06 Å². The van der Waals surface area contributed by atoms with Crippen LogP contribution in [0.15, 0.2) is 48.7 Å². The summed E-state index contributed by atoms with van der Waals surface area (Å²) in [7, 11) is 0. The monoisotopic (exact) mass is 667 g/mol. The van der Waals surface area contributed by atoms with E-state index < -0.39 is 18.7 Å². The van der Waals surface area contributed by atoms with E-state index in [2.05, 4.69) is 11.9 Å². The summed E-state index contributed by atoms with van der Waals surface area (Å²) < 4.78 is 11.5. The fraction of sp³-hybridized carbons (Fsp3) is 0.486. The number of hydrogen-bond acceptors (Lipinski definition) is 10. The summed E-state index contributed by atoms with van der Waals surface area (Å²) in [5, 5.41) is 31.7. The largest absolute Gasteiger partial charge is 0.493 e. The van der Waals surface area contributed by atoms with Crippen molar-refractivity contribution in [1.29, 1.82) is 0 Å². The Morgan fingerprint density at radius 2 is 1.62 bits per heavy atom. The van der Waals surface area contributed by atoms with Crippen LogP contribution in [0.3, 0.4) is 0 Å². The van der Waals surface area contributed by atoms with Gasteiger partial charge in [0.15, 0.2) is 0 Å². The van der Waals surface area contributed by atoms with E-state index in [9.17, 15) is 29.4 Å². The first-order chi connectivity index (χ1) is 23.2. The van der Waals surface area contributed by atoms with Gasteiger partial charge in [-0.1, -0.05) is 18.7 Å². The minimum atomic E-state index is -1.04. The van der Waals surface area contributed by atoms with Crippen LogP contribution in [0, 0.1) is 0 Å². The third-order valence-electron chi connectivity index (χ3n) is 8.05. The second-order valence-electron chi connectivity index (χ2n) is 11.8. The van der Waals surface area contributed by atoms with Gasteiger partial charge in [0.05, 0.1) is 31.1 Å².